The van der Waals surface area contributed by atoms with Crippen molar-refractivity contribution in [1.29, 1.82) is 0 Å². The summed E-state index contributed by atoms with van der Waals surface area (Å²) >= 11 is 1.93. The first-order chi connectivity index (χ1) is 29.7. The zero-order chi connectivity index (χ0) is 44.0. The van der Waals surface area contributed by atoms with Crippen LogP contribution < -0.4 is 21.3 Å². The van der Waals surface area contributed by atoms with E-state index in [-0.39, 0.29) is 39.2 Å². The molecule has 3 heteroatoms. The normalized spacial score (nSPS) is 21.0. The molecule has 12 rings (SSSR count). The SMILES string of the molecule is CC1(C)CCC(C)(C)c2c(N3c4cc(-c5cccc6sc7ccccc7c56)cc5c4B(c4ccc6c(c4-5)C(C)(C)CCC6(C)C)c4ccc5c(c43)C(C)(C)CCC5(C)C)cccc21. The molecule has 0 amide bonds. The predicted molar refractivity (Wildman–Crippen MR) is 275 cm³/mol. The van der Waals surface area contributed by atoms with E-state index in [1.165, 1.54) is 131 Å². The zero-order valence-corrected chi connectivity index (χ0v) is 40.7. The van der Waals surface area contributed by atoms with Crippen LogP contribution >= 0.6 is 11.3 Å². The van der Waals surface area contributed by atoms with E-state index in [2.05, 4.69) is 185 Å². The summed E-state index contributed by atoms with van der Waals surface area (Å²) in [5, 5.41) is 2.75. The first kappa shape index (κ1) is 40.0. The fourth-order valence-electron chi connectivity index (χ4n) is 13.8. The van der Waals surface area contributed by atoms with Gasteiger partial charge < -0.3 is 4.90 Å². The smallest absolute Gasteiger partial charge is 0.248 e. The minimum atomic E-state index is 0.000505. The quantitative estimate of drug-likeness (QED) is 0.157. The average molecular weight is 842 g/mol. The first-order valence-corrected chi connectivity index (χ1v) is 24.9. The maximum absolute atomic E-state index is 2.87. The van der Waals surface area contributed by atoms with Crippen LogP contribution in [0.3, 0.4) is 0 Å². The Morgan fingerprint density at radius 1 is 0.460 bits per heavy atom. The Hall–Kier alpha value is -4.60. The molecule has 0 spiro atoms. The number of benzene rings is 6. The van der Waals surface area contributed by atoms with E-state index in [1.54, 1.807) is 16.7 Å². The second-order valence-electron chi connectivity index (χ2n) is 24.4. The summed E-state index contributed by atoms with van der Waals surface area (Å²) in [6.07, 6.45) is 7.14. The largest absolute Gasteiger partial charge is 0.311 e. The molecular weight excluding hydrogens is 778 g/mol. The summed E-state index contributed by atoms with van der Waals surface area (Å²) in [5.74, 6) is 0. The summed E-state index contributed by atoms with van der Waals surface area (Å²) in [7, 11) is 0. The van der Waals surface area contributed by atoms with Gasteiger partial charge in [0.05, 0.1) is 5.69 Å². The molecule has 5 aliphatic rings. The molecule has 0 bridgehead atoms. The lowest BCUT2D eigenvalue weighted by molar-refractivity contribution is 0.331. The number of hydrogen-bond acceptors (Lipinski definition) is 2. The summed E-state index contributed by atoms with van der Waals surface area (Å²) in [5.41, 5.74) is 24.0. The van der Waals surface area contributed by atoms with Crippen molar-refractivity contribution < 1.29 is 0 Å². The van der Waals surface area contributed by atoms with Crippen LogP contribution in [0.25, 0.3) is 42.4 Å². The maximum atomic E-state index is 2.87. The van der Waals surface area contributed by atoms with Crippen molar-refractivity contribution in [2.24, 2.45) is 0 Å². The highest BCUT2D eigenvalue weighted by atomic mass is 32.1. The summed E-state index contributed by atoms with van der Waals surface area (Å²) < 4.78 is 2.72. The van der Waals surface area contributed by atoms with Gasteiger partial charge in [0.15, 0.2) is 0 Å². The molecule has 7 aromatic rings. The maximum Gasteiger partial charge on any atom is 0.248 e. The molecule has 3 aliphatic carbocycles. The third-order valence-corrected chi connectivity index (χ3v) is 18.7. The van der Waals surface area contributed by atoms with Gasteiger partial charge in [-0.25, -0.2) is 0 Å². The van der Waals surface area contributed by atoms with Gasteiger partial charge in [-0.15, -0.1) is 11.3 Å². The molecule has 0 atom stereocenters. The van der Waals surface area contributed by atoms with E-state index in [0.717, 1.165) is 0 Å². The number of thiophene rings is 1. The van der Waals surface area contributed by atoms with Gasteiger partial charge in [0.1, 0.15) is 0 Å². The summed E-state index contributed by atoms with van der Waals surface area (Å²) in [4.78, 5) is 2.87. The lowest BCUT2D eigenvalue weighted by Gasteiger charge is -2.49. The van der Waals surface area contributed by atoms with E-state index >= 15 is 0 Å². The van der Waals surface area contributed by atoms with Crippen LogP contribution in [0.5, 0.6) is 0 Å². The van der Waals surface area contributed by atoms with Crippen LogP contribution in [0.15, 0.2) is 97.1 Å². The van der Waals surface area contributed by atoms with Crippen molar-refractivity contribution in [3.05, 3.63) is 130 Å². The van der Waals surface area contributed by atoms with Crippen LogP contribution in [0, 0.1) is 0 Å². The molecule has 1 aromatic heterocycles. The molecule has 3 heterocycles. The lowest BCUT2D eigenvalue weighted by atomic mass is 9.36. The van der Waals surface area contributed by atoms with Gasteiger partial charge in [0, 0.05) is 31.5 Å². The van der Waals surface area contributed by atoms with Gasteiger partial charge in [-0.2, -0.15) is 0 Å². The Labute approximate surface area is 381 Å². The van der Waals surface area contributed by atoms with Crippen LogP contribution in [0.2, 0.25) is 0 Å². The van der Waals surface area contributed by atoms with Gasteiger partial charge in [-0.05, 0) is 168 Å². The molecule has 0 unspecified atom stereocenters. The van der Waals surface area contributed by atoms with Crippen molar-refractivity contribution in [3.63, 3.8) is 0 Å². The molecule has 0 saturated heterocycles. The van der Waals surface area contributed by atoms with Gasteiger partial charge in [0.2, 0.25) is 6.71 Å². The second kappa shape index (κ2) is 12.6. The Balaban J connectivity index is 1.29. The fourth-order valence-corrected chi connectivity index (χ4v) is 14.9. The number of anilines is 3. The van der Waals surface area contributed by atoms with Gasteiger partial charge in [-0.1, -0.05) is 155 Å². The number of nitrogens with zero attached hydrogens (tertiary/aromatic N) is 1. The molecular formula is C60H64BNS. The Morgan fingerprint density at radius 3 is 1.71 bits per heavy atom. The predicted octanol–water partition coefficient (Wildman–Crippen LogP) is 15.0. The highest BCUT2D eigenvalue weighted by Gasteiger charge is 2.52. The fraction of sp³-hybridized carbons (Fsp3) is 0.400. The van der Waals surface area contributed by atoms with Crippen LogP contribution in [0.4, 0.5) is 17.1 Å². The Kier molecular flexibility index (Phi) is 7.99. The zero-order valence-electron chi connectivity index (χ0n) is 39.9. The minimum Gasteiger partial charge on any atom is -0.311 e. The highest BCUT2D eigenvalue weighted by Crippen LogP contribution is 2.58. The van der Waals surface area contributed by atoms with Gasteiger partial charge in [0.25, 0.3) is 0 Å². The molecule has 63 heavy (non-hydrogen) atoms. The van der Waals surface area contributed by atoms with Gasteiger partial charge >= 0.3 is 0 Å². The number of rotatable bonds is 2. The monoisotopic (exact) mass is 841 g/mol. The highest BCUT2D eigenvalue weighted by molar-refractivity contribution is 7.26. The minimum absolute atomic E-state index is 0.000505. The second-order valence-corrected chi connectivity index (χ2v) is 25.5. The van der Waals surface area contributed by atoms with Crippen LogP contribution in [0.1, 0.15) is 155 Å². The van der Waals surface area contributed by atoms with Crippen molar-refractivity contribution in [2.45, 2.75) is 154 Å². The molecule has 1 nitrogen and oxygen atoms in total. The molecule has 6 aromatic carbocycles. The van der Waals surface area contributed by atoms with Crippen molar-refractivity contribution in [3.8, 4) is 22.3 Å². The third-order valence-electron chi connectivity index (χ3n) is 17.6. The van der Waals surface area contributed by atoms with E-state index in [0.29, 0.717) is 0 Å². The van der Waals surface area contributed by atoms with E-state index in [4.69, 9.17) is 0 Å². The topological polar surface area (TPSA) is 3.24 Å². The molecule has 318 valence electrons. The first-order valence-electron chi connectivity index (χ1n) is 24.1. The van der Waals surface area contributed by atoms with Crippen molar-refractivity contribution in [1.82, 2.24) is 0 Å². The summed E-state index contributed by atoms with van der Waals surface area (Å²) in [6.45, 7) is 30.4. The third kappa shape index (κ3) is 5.35. The molecule has 0 saturated carbocycles. The number of fused-ring (bicyclic) bond motifs is 13. The standard InChI is InChI=1S/C60H64BNS/c1-55(2)27-30-58(7,8)50-39(55)19-16-20-44(50)62-45-34-35(36-18-15-22-47-48(36)37-17-13-14-21-46(37)63-47)33-38-49-42(25-23-40-51(49)59(9,10)31-28-56(40,3)4)61(53(38)45)43-26-24-41-52(54(43)62)60(11,12)32-29-57(41,5)6/h13-26,33-34H,27-32H2,1-12H3. The Morgan fingerprint density at radius 2 is 1.02 bits per heavy atom. The molecule has 0 N–H and O–H groups in total. The average Bonchev–Trinajstić information content (AvgIpc) is 3.79. The molecule has 2 aliphatic heterocycles. The molecule has 0 radical (unpaired) electrons. The van der Waals surface area contributed by atoms with E-state index in [1.807, 2.05) is 11.3 Å². The van der Waals surface area contributed by atoms with E-state index in [9.17, 15) is 0 Å². The van der Waals surface area contributed by atoms with Crippen LogP contribution in [-0.2, 0) is 32.5 Å². The van der Waals surface area contributed by atoms with Gasteiger partial charge in [-0.3, -0.25) is 0 Å². The number of hydrogen-bond donors (Lipinski definition) is 0. The lowest BCUT2D eigenvalue weighted by Crippen LogP contribution is -2.56. The summed E-state index contributed by atoms with van der Waals surface area (Å²) in [6, 6.07) is 39.1. The molecule has 0 fully saturated rings. The van der Waals surface area contributed by atoms with Crippen LogP contribution in [-0.4, -0.2) is 6.71 Å². The van der Waals surface area contributed by atoms with Crippen molar-refractivity contribution >= 4 is 71.7 Å². The van der Waals surface area contributed by atoms with E-state index < -0.39 is 0 Å². The van der Waals surface area contributed by atoms with Crippen molar-refractivity contribution in [2.75, 3.05) is 4.90 Å². The Bertz CT molecular complexity index is 3150.